The number of carbonyl (C=O) groups excluding carboxylic acids is 1. The molecule has 0 saturated carbocycles. The molecule has 3 heteroatoms. The van der Waals surface area contributed by atoms with Crippen LogP contribution in [0.25, 0.3) is 0 Å². The molecule has 0 radical (unpaired) electrons. The molecule has 0 bridgehead atoms. The van der Waals surface area contributed by atoms with E-state index in [9.17, 15) is 4.79 Å². The molecule has 16 heavy (non-hydrogen) atoms. The Kier molecular flexibility index (Phi) is 2.97. The molecule has 1 aliphatic rings. The van der Waals surface area contributed by atoms with Crippen molar-refractivity contribution < 1.29 is 14.3 Å². The zero-order chi connectivity index (χ0) is 11.6. The summed E-state index contributed by atoms with van der Waals surface area (Å²) in [5.41, 5.74) is 0.435. The monoisotopic (exact) mass is 220 g/mol. The smallest absolute Gasteiger partial charge is 0.337 e. The Labute approximate surface area is 95.4 Å². The molecule has 86 valence electrons. The maximum atomic E-state index is 11.6. The van der Waals surface area contributed by atoms with Crippen LogP contribution in [0.5, 0.6) is 0 Å². The maximum Gasteiger partial charge on any atom is 0.337 e. The van der Waals surface area contributed by atoms with Crippen LogP contribution in [0.2, 0.25) is 0 Å². The van der Waals surface area contributed by atoms with E-state index in [-0.39, 0.29) is 11.9 Å². The van der Waals surface area contributed by atoms with E-state index in [0.29, 0.717) is 13.0 Å². The fourth-order valence-electron chi connectivity index (χ4n) is 2.17. The number of ether oxygens (including phenoxy) is 2. The first-order valence-corrected chi connectivity index (χ1v) is 5.43. The van der Waals surface area contributed by atoms with E-state index in [1.54, 1.807) is 6.92 Å². The number of carbonyl (C=O) groups is 1. The van der Waals surface area contributed by atoms with E-state index in [2.05, 4.69) is 12.1 Å². The second-order valence-electron chi connectivity index (χ2n) is 4.35. The zero-order valence-electron chi connectivity index (χ0n) is 9.60. The standard InChI is InChI=1S/C13H16O3/c1-13(12(14)15-2)8-11(9-16-13)10-6-4-3-5-7-10/h3-7,11H,8-9H2,1-2H3/t11-,13-/m0/s1. The third-order valence-electron chi connectivity index (χ3n) is 3.13. The number of hydrogen-bond acceptors (Lipinski definition) is 3. The van der Waals surface area contributed by atoms with Gasteiger partial charge in [0.05, 0.1) is 13.7 Å². The molecule has 0 aromatic heterocycles. The number of methoxy groups -OCH3 is 1. The van der Waals surface area contributed by atoms with Crippen LogP contribution in [-0.4, -0.2) is 25.3 Å². The second kappa shape index (κ2) is 4.26. The van der Waals surface area contributed by atoms with Gasteiger partial charge in [0, 0.05) is 5.92 Å². The second-order valence-corrected chi connectivity index (χ2v) is 4.35. The summed E-state index contributed by atoms with van der Waals surface area (Å²) in [6.45, 7) is 2.37. The normalized spacial score (nSPS) is 29.0. The van der Waals surface area contributed by atoms with Crippen molar-refractivity contribution in [1.82, 2.24) is 0 Å². The fourth-order valence-corrected chi connectivity index (χ4v) is 2.17. The summed E-state index contributed by atoms with van der Waals surface area (Å²) in [4.78, 5) is 11.6. The van der Waals surface area contributed by atoms with Crippen molar-refractivity contribution in [2.45, 2.75) is 24.9 Å². The molecule has 1 fully saturated rings. The Morgan fingerprint density at radius 2 is 2.12 bits per heavy atom. The molecule has 1 aliphatic heterocycles. The summed E-state index contributed by atoms with van der Waals surface area (Å²) in [5, 5.41) is 0. The Hall–Kier alpha value is -1.35. The van der Waals surface area contributed by atoms with E-state index in [4.69, 9.17) is 9.47 Å². The Bertz CT molecular complexity index is 374. The maximum absolute atomic E-state index is 11.6. The lowest BCUT2D eigenvalue weighted by Crippen LogP contribution is -2.35. The molecule has 3 nitrogen and oxygen atoms in total. The van der Waals surface area contributed by atoms with Crippen molar-refractivity contribution in [3.8, 4) is 0 Å². The molecule has 0 spiro atoms. The predicted molar refractivity (Wildman–Crippen MR) is 60.2 cm³/mol. The van der Waals surface area contributed by atoms with Crippen molar-refractivity contribution in [2.75, 3.05) is 13.7 Å². The minimum Gasteiger partial charge on any atom is -0.467 e. The van der Waals surface area contributed by atoms with Crippen LogP contribution in [0.3, 0.4) is 0 Å². The molecule has 0 unspecified atom stereocenters. The van der Waals surface area contributed by atoms with E-state index >= 15 is 0 Å². The molecule has 1 aromatic carbocycles. The molecule has 0 N–H and O–H groups in total. The number of esters is 1. The number of benzene rings is 1. The summed E-state index contributed by atoms with van der Waals surface area (Å²) in [5.74, 6) is -0.00349. The van der Waals surface area contributed by atoms with Gasteiger partial charge < -0.3 is 9.47 Å². The summed E-state index contributed by atoms with van der Waals surface area (Å²) < 4.78 is 10.3. The van der Waals surface area contributed by atoms with Gasteiger partial charge in [0.25, 0.3) is 0 Å². The quantitative estimate of drug-likeness (QED) is 0.716. The van der Waals surface area contributed by atoms with E-state index in [1.807, 2.05) is 18.2 Å². The van der Waals surface area contributed by atoms with Crippen LogP contribution in [0.4, 0.5) is 0 Å². The summed E-state index contributed by atoms with van der Waals surface area (Å²) in [6.07, 6.45) is 0.684. The topological polar surface area (TPSA) is 35.5 Å². The third kappa shape index (κ3) is 1.95. The fraction of sp³-hybridized carbons (Fsp3) is 0.462. The van der Waals surface area contributed by atoms with Crippen molar-refractivity contribution in [3.05, 3.63) is 35.9 Å². The van der Waals surface area contributed by atoms with E-state index in [1.165, 1.54) is 12.7 Å². The van der Waals surface area contributed by atoms with Crippen molar-refractivity contribution >= 4 is 5.97 Å². The Morgan fingerprint density at radius 1 is 1.44 bits per heavy atom. The lowest BCUT2D eigenvalue weighted by molar-refractivity contribution is -0.161. The average Bonchev–Trinajstić information content (AvgIpc) is 2.73. The molecule has 0 amide bonds. The highest BCUT2D eigenvalue weighted by Crippen LogP contribution is 2.36. The lowest BCUT2D eigenvalue weighted by atomic mass is 9.91. The SMILES string of the molecule is COC(=O)[C@]1(C)C[C@H](c2ccccc2)CO1. The highest BCUT2D eigenvalue weighted by atomic mass is 16.6. The van der Waals surface area contributed by atoms with Crippen LogP contribution in [0.1, 0.15) is 24.8 Å². The lowest BCUT2D eigenvalue weighted by Gasteiger charge is -2.19. The molecule has 1 saturated heterocycles. The van der Waals surface area contributed by atoms with E-state index in [0.717, 1.165) is 0 Å². The van der Waals surface area contributed by atoms with Gasteiger partial charge in [-0.15, -0.1) is 0 Å². The largest absolute Gasteiger partial charge is 0.467 e. The molecular formula is C13H16O3. The molecule has 0 aliphatic carbocycles. The van der Waals surface area contributed by atoms with Crippen LogP contribution >= 0.6 is 0 Å². The minimum atomic E-state index is -0.782. The Balaban J connectivity index is 2.12. The number of rotatable bonds is 2. The first-order valence-electron chi connectivity index (χ1n) is 5.43. The third-order valence-corrected chi connectivity index (χ3v) is 3.13. The summed E-state index contributed by atoms with van der Waals surface area (Å²) in [6, 6.07) is 10.1. The molecular weight excluding hydrogens is 204 g/mol. The van der Waals surface area contributed by atoms with Gasteiger partial charge in [-0.25, -0.2) is 4.79 Å². The molecule has 1 aromatic rings. The highest BCUT2D eigenvalue weighted by molar-refractivity contribution is 5.79. The summed E-state index contributed by atoms with van der Waals surface area (Å²) >= 11 is 0. The van der Waals surface area contributed by atoms with Gasteiger partial charge in [-0.2, -0.15) is 0 Å². The van der Waals surface area contributed by atoms with Crippen molar-refractivity contribution in [1.29, 1.82) is 0 Å². The van der Waals surface area contributed by atoms with Crippen molar-refractivity contribution in [3.63, 3.8) is 0 Å². The van der Waals surface area contributed by atoms with Crippen LogP contribution in [0.15, 0.2) is 30.3 Å². The van der Waals surface area contributed by atoms with Gasteiger partial charge in [-0.3, -0.25) is 0 Å². The number of hydrogen-bond donors (Lipinski definition) is 0. The minimum absolute atomic E-state index is 0.283. The van der Waals surface area contributed by atoms with Gasteiger partial charge in [0.2, 0.25) is 0 Å². The van der Waals surface area contributed by atoms with E-state index < -0.39 is 5.60 Å². The van der Waals surface area contributed by atoms with Gasteiger partial charge in [-0.05, 0) is 18.9 Å². The zero-order valence-corrected chi connectivity index (χ0v) is 9.60. The van der Waals surface area contributed by atoms with Crippen molar-refractivity contribution in [2.24, 2.45) is 0 Å². The molecule has 2 rings (SSSR count). The highest BCUT2D eigenvalue weighted by Gasteiger charge is 2.43. The first kappa shape index (κ1) is 11.1. The molecule has 2 atom stereocenters. The van der Waals surface area contributed by atoms with Gasteiger partial charge in [0.15, 0.2) is 5.60 Å². The predicted octanol–water partition coefficient (Wildman–Crippen LogP) is 2.12. The van der Waals surface area contributed by atoms with Crippen LogP contribution < -0.4 is 0 Å². The average molecular weight is 220 g/mol. The van der Waals surface area contributed by atoms with Gasteiger partial charge in [0.1, 0.15) is 0 Å². The summed E-state index contributed by atoms with van der Waals surface area (Å²) in [7, 11) is 1.40. The van der Waals surface area contributed by atoms with Gasteiger partial charge in [-0.1, -0.05) is 30.3 Å². The van der Waals surface area contributed by atoms with Crippen LogP contribution in [-0.2, 0) is 14.3 Å². The van der Waals surface area contributed by atoms with Crippen LogP contribution in [0, 0.1) is 0 Å². The first-order chi connectivity index (χ1) is 7.65. The Morgan fingerprint density at radius 3 is 2.75 bits per heavy atom. The molecule has 1 heterocycles. The van der Waals surface area contributed by atoms with Gasteiger partial charge >= 0.3 is 5.97 Å².